The maximum atomic E-state index is 6.70. The predicted octanol–water partition coefficient (Wildman–Crippen LogP) is 6.31. The van der Waals surface area contributed by atoms with Gasteiger partial charge in [-0.1, -0.05) is 56.3 Å². The lowest BCUT2D eigenvalue weighted by molar-refractivity contribution is 0.802. The lowest BCUT2D eigenvalue weighted by Gasteiger charge is -2.27. The Balaban J connectivity index is 2.01. The van der Waals surface area contributed by atoms with Crippen LogP contribution < -0.4 is 0 Å². The predicted molar refractivity (Wildman–Crippen MR) is 84.4 cm³/mol. The van der Waals surface area contributed by atoms with Gasteiger partial charge in [0.25, 0.3) is 6.69 Å². The number of rotatable bonds is 4. The lowest BCUT2D eigenvalue weighted by atomic mass is 10.0. The third-order valence-corrected chi connectivity index (χ3v) is 9.93. The highest BCUT2D eigenvalue weighted by molar-refractivity contribution is 7.46. The first-order valence-corrected chi connectivity index (χ1v) is 11.3. The minimum atomic E-state index is -2.12. The van der Waals surface area contributed by atoms with Crippen molar-refractivity contribution in [2.45, 2.75) is 50.1 Å². The van der Waals surface area contributed by atoms with E-state index in [2.05, 4.69) is 19.1 Å². The Bertz CT molecular complexity index is 383. The maximum absolute atomic E-state index is 6.70. The first-order chi connectivity index (χ1) is 8.49. The van der Waals surface area contributed by atoms with Gasteiger partial charge in [0.15, 0.2) is 0 Å². The van der Waals surface area contributed by atoms with Crippen LogP contribution in [0.2, 0.25) is 16.6 Å². The molecule has 0 N–H and O–H groups in total. The van der Waals surface area contributed by atoms with Crippen LogP contribution in [0.3, 0.4) is 0 Å². The van der Waals surface area contributed by atoms with Crippen molar-refractivity contribution in [1.82, 2.24) is 0 Å². The summed E-state index contributed by atoms with van der Waals surface area (Å²) in [5.74, 6) is 0.421. The second kappa shape index (κ2) is 6.17. The summed E-state index contributed by atoms with van der Waals surface area (Å²) >= 11 is 19.3. The van der Waals surface area contributed by atoms with Crippen LogP contribution in [0.5, 0.6) is 0 Å². The number of hydrogen-bond acceptors (Lipinski definition) is 0. The van der Waals surface area contributed by atoms with Gasteiger partial charge in [-0.05, 0) is 35.2 Å². The fourth-order valence-electron chi connectivity index (χ4n) is 2.83. The number of benzene rings is 1. The molecule has 1 unspecified atom stereocenters. The molecule has 0 aromatic heterocycles. The molecule has 0 spiro atoms. The van der Waals surface area contributed by atoms with Gasteiger partial charge in [-0.25, -0.2) is 0 Å². The summed E-state index contributed by atoms with van der Waals surface area (Å²) in [6.07, 6.45) is 5.06. The van der Waals surface area contributed by atoms with Crippen molar-refractivity contribution in [3.63, 3.8) is 0 Å². The molecule has 1 atom stereocenters. The van der Waals surface area contributed by atoms with Gasteiger partial charge in [0.1, 0.15) is 0 Å². The van der Waals surface area contributed by atoms with Crippen LogP contribution in [-0.4, -0.2) is 6.69 Å². The van der Waals surface area contributed by atoms with E-state index < -0.39 is 6.69 Å². The van der Waals surface area contributed by atoms with Crippen LogP contribution in [0.1, 0.15) is 44.1 Å². The molecule has 1 aliphatic carbocycles. The molecule has 0 nitrogen and oxygen atoms in total. The number of halogens is 3. The van der Waals surface area contributed by atoms with E-state index in [9.17, 15) is 0 Å². The smallest absolute Gasteiger partial charge is 0.146 e. The van der Waals surface area contributed by atoms with Gasteiger partial charge >= 0.3 is 0 Å². The molecular weight excluding hydrogens is 303 g/mol. The van der Waals surface area contributed by atoms with Gasteiger partial charge in [0.2, 0.25) is 0 Å². The molecule has 1 aliphatic rings. The second-order valence-electron chi connectivity index (χ2n) is 5.40. The molecule has 0 bridgehead atoms. The monoisotopic (exact) mass is 320 g/mol. The van der Waals surface area contributed by atoms with Crippen molar-refractivity contribution in [3.8, 4) is 0 Å². The van der Waals surface area contributed by atoms with Gasteiger partial charge in [0, 0.05) is 5.02 Å². The van der Waals surface area contributed by atoms with Crippen molar-refractivity contribution in [1.29, 1.82) is 0 Å². The Morgan fingerprint density at radius 1 is 1.17 bits per heavy atom. The summed E-state index contributed by atoms with van der Waals surface area (Å²) in [6.45, 7) is 0.0947. The Kier molecular flexibility index (Phi) is 5.04. The Hall–Kier alpha value is 0.307. The van der Waals surface area contributed by atoms with Crippen molar-refractivity contribution >= 4 is 40.5 Å². The Morgan fingerprint density at radius 3 is 2.28 bits per heavy atom. The lowest BCUT2D eigenvalue weighted by Crippen LogP contribution is -2.27. The fourth-order valence-corrected chi connectivity index (χ4v) is 8.29. The van der Waals surface area contributed by atoms with E-state index >= 15 is 0 Å². The van der Waals surface area contributed by atoms with Gasteiger partial charge in [-0.3, -0.25) is 0 Å². The maximum Gasteiger partial charge on any atom is 0.254 e. The third kappa shape index (κ3) is 3.66. The standard InChI is InChI=1S/C14H19Cl3Si/c1-11(12-6-8-13(15)9-7-12)10-18(16,17)14-4-2-3-5-14/h6-9,11,14H,2-5,10H2,1H3. The van der Waals surface area contributed by atoms with E-state index in [1.54, 1.807) is 0 Å². The van der Waals surface area contributed by atoms with Crippen LogP contribution in [0.4, 0.5) is 0 Å². The van der Waals surface area contributed by atoms with E-state index in [-0.39, 0.29) is 0 Å². The van der Waals surface area contributed by atoms with Crippen LogP contribution >= 0.6 is 33.8 Å². The normalized spacial score (nSPS) is 19.1. The van der Waals surface area contributed by atoms with Crippen molar-refractivity contribution in [3.05, 3.63) is 34.9 Å². The average molecular weight is 322 g/mol. The summed E-state index contributed by atoms with van der Waals surface area (Å²) < 4.78 is 0. The van der Waals surface area contributed by atoms with E-state index in [0.717, 1.165) is 11.1 Å². The molecule has 0 saturated heterocycles. The second-order valence-corrected chi connectivity index (χ2v) is 13.2. The van der Waals surface area contributed by atoms with E-state index in [1.807, 2.05) is 12.1 Å². The molecule has 0 radical (unpaired) electrons. The summed E-state index contributed by atoms with van der Waals surface area (Å²) in [7, 11) is 0. The van der Waals surface area contributed by atoms with Gasteiger partial charge in [0.05, 0.1) is 0 Å². The highest BCUT2D eigenvalue weighted by atomic mass is 35.7. The molecule has 1 fully saturated rings. The van der Waals surface area contributed by atoms with Crippen molar-refractivity contribution in [2.75, 3.05) is 0 Å². The third-order valence-electron chi connectivity index (χ3n) is 3.97. The molecule has 2 rings (SSSR count). The largest absolute Gasteiger partial charge is 0.254 e. The first-order valence-electron chi connectivity index (χ1n) is 6.62. The zero-order chi connectivity index (χ0) is 13.2. The van der Waals surface area contributed by atoms with Gasteiger partial charge in [-0.15, -0.1) is 22.2 Å². The summed E-state index contributed by atoms with van der Waals surface area (Å²) in [5.41, 5.74) is 1.88. The van der Waals surface area contributed by atoms with Gasteiger partial charge in [-0.2, -0.15) is 0 Å². The van der Waals surface area contributed by atoms with Crippen LogP contribution in [0.15, 0.2) is 24.3 Å². The quantitative estimate of drug-likeness (QED) is 0.450. The molecule has 1 aromatic carbocycles. The molecule has 0 amide bonds. The first kappa shape index (κ1) is 14.7. The summed E-state index contributed by atoms with van der Waals surface area (Å²) in [4.78, 5) is 0. The summed E-state index contributed by atoms with van der Waals surface area (Å²) in [5, 5.41) is 0.780. The minimum absolute atomic E-state index is 0.421. The minimum Gasteiger partial charge on any atom is -0.146 e. The molecule has 0 aliphatic heterocycles. The molecule has 100 valence electrons. The Labute approximate surface area is 125 Å². The molecule has 18 heavy (non-hydrogen) atoms. The summed E-state index contributed by atoms with van der Waals surface area (Å²) in [6, 6.07) is 8.99. The van der Waals surface area contributed by atoms with Crippen LogP contribution in [0.25, 0.3) is 0 Å². The van der Waals surface area contributed by atoms with E-state index in [0.29, 0.717) is 11.5 Å². The highest BCUT2D eigenvalue weighted by Crippen LogP contribution is 2.47. The van der Waals surface area contributed by atoms with Crippen LogP contribution in [-0.2, 0) is 0 Å². The van der Waals surface area contributed by atoms with Crippen LogP contribution in [0, 0.1) is 0 Å². The van der Waals surface area contributed by atoms with Gasteiger partial charge < -0.3 is 0 Å². The topological polar surface area (TPSA) is 0 Å². The van der Waals surface area contributed by atoms with E-state index in [1.165, 1.54) is 31.2 Å². The molecule has 4 heteroatoms. The SMILES string of the molecule is CC(C[Si](Cl)(Cl)C1CCCC1)c1ccc(Cl)cc1. The molecular formula is C14H19Cl3Si. The highest BCUT2D eigenvalue weighted by Gasteiger charge is 2.41. The Morgan fingerprint density at radius 2 is 1.72 bits per heavy atom. The zero-order valence-corrected chi connectivity index (χ0v) is 13.9. The molecule has 1 aromatic rings. The van der Waals surface area contributed by atoms with E-state index in [4.69, 9.17) is 33.8 Å². The molecule has 0 heterocycles. The van der Waals surface area contributed by atoms with Crippen molar-refractivity contribution < 1.29 is 0 Å². The van der Waals surface area contributed by atoms with Crippen molar-refractivity contribution in [2.24, 2.45) is 0 Å². The molecule has 1 saturated carbocycles. The average Bonchev–Trinajstić information content (AvgIpc) is 2.83. The fraction of sp³-hybridized carbons (Fsp3) is 0.571. The zero-order valence-electron chi connectivity index (χ0n) is 10.6. The number of hydrogen-bond donors (Lipinski definition) is 0.